The molecule has 0 fully saturated rings. The lowest BCUT2D eigenvalue weighted by atomic mass is 10.1. The van der Waals surface area contributed by atoms with E-state index in [1.807, 2.05) is 0 Å². The molecule has 1 N–H and O–H groups in total. The zero-order valence-corrected chi connectivity index (χ0v) is 9.74. The second kappa shape index (κ2) is 4.65. The van der Waals surface area contributed by atoms with Gasteiger partial charge in [0.15, 0.2) is 0 Å². The fourth-order valence-corrected chi connectivity index (χ4v) is 1.91. The number of hydrogen-bond donors (Lipinski definition) is 1. The highest BCUT2D eigenvalue weighted by atomic mass is 35.5. The third-order valence-electron chi connectivity index (χ3n) is 2.50. The first-order valence-corrected chi connectivity index (χ1v) is 5.43. The third kappa shape index (κ3) is 2.51. The minimum Gasteiger partial charge on any atom is -0.379 e. The molecule has 1 aliphatic heterocycles. The van der Waals surface area contributed by atoms with E-state index >= 15 is 0 Å². The van der Waals surface area contributed by atoms with E-state index in [-0.39, 0.29) is 16.3 Å². The number of rotatable bonds is 1. The van der Waals surface area contributed by atoms with Crippen molar-refractivity contribution >= 4 is 17.3 Å². The molecule has 1 heterocycles. The number of nitrogens with one attached hydrogen (secondary N) is 1. The second-order valence-electron chi connectivity index (χ2n) is 3.72. The quantitative estimate of drug-likeness (QED) is 0.770. The molecular weight excluding hydrogens is 270 g/mol. The van der Waals surface area contributed by atoms with Crippen molar-refractivity contribution in [3.63, 3.8) is 0 Å². The Balaban J connectivity index is 2.43. The van der Waals surface area contributed by atoms with Gasteiger partial charge in [-0.05, 0) is 18.2 Å². The molecule has 0 aromatic heterocycles. The summed E-state index contributed by atoms with van der Waals surface area (Å²) in [7, 11) is 0. The van der Waals surface area contributed by atoms with Crippen LogP contribution in [0.5, 0.6) is 0 Å². The van der Waals surface area contributed by atoms with Crippen LogP contribution in [0.25, 0.3) is 5.70 Å². The Morgan fingerprint density at radius 3 is 2.39 bits per heavy atom. The van der Waals surface area contributed by atoms with Gasteiger partial charge in [-0.25, -0.2) is 4.39 Å². The lowest BCUT2D eigenvalue weighted by Crippen LogP contribution is -2.28. The molecule has 0 saturated carbocycles. The SMILES string of the molecule is Fc1ccccc1C1=C(Cl)C=C(C(F)(F)F)CN1. The Morgan fingerprint density at radius 1 is 1.17 bits per heavy atom. The molecule has 0 saturated heterocycles. The molecule has 0 bridgehead atoms. The smallest absolute Gasteiger partial charge is 0.379 e. The van der Waals surface area contributed by atoms with Crippen molar-refractivity contribution in [3.05, 3.63) is 52.3 Å². The van der Waals surface area contributed by atoms with Crippen LogP contribution in [0, 0.1) is 5.82 Å². The Labute approximate surface area is 106 Å². The summed E-state index contributed by atoms with van der Waals surface area (Å²) >= 11 is 5.76. The summed E-state index contributed by atoms with van der Waals surface area (Å²) in [6.07, 6.45) is -3.62. The fraction of sp³-hybridized carbons (Fsp3) is 0.167. The minimum atomic E-state index is -4.44. The van der Waals surface area contributed by atoms with E-state index < -0.39 is 24.1 Å². The highest BCUT2D eigenvalue weighted by Gasteiger charge is 2.35. The van der Waals surface area contributed by atoms with Crippen LogP contribution >= 0.6 is 11.6 Å². The highest BCUT2D eigenvalue weighted by molar-refractivity contribution is 6.34. The average molecular weight is 278 g/mol. The van der Waals surface area contributed by atoms with Gasteiger partial charge in [-0.1, -0.05) is 23.7 Å². The van der Waals surface area contributed by atoms with Gasteiger partial charge in [-0.3, -0.25) is 0 Å². The van der Waals surface area contributed by atoms with Crippen molar-refractivity contribution in [2.24, 2.45) is 0 Å². The summed E-state index contributed by atoms with van der Waals surface area (Å²) in [5.74, 6) is -0.540. The van der Waals surface area contributed by atoms with Crippen molar-refractivity contribution in [2.45, 2.75) is 6.18 Å². The fourth-order valence-electron chi connectivity index (χ4n) is 1.61. The maximum atomic E-state index is 13.5. The van der Waals surface area contributed by atoms with Crippen molar-refractivity contribution < 1.29 is 17.6 Å². The van der Waals surface area contributed by atoms with Crippen LogP contribution in [0.4, 0.5) is 17.6 Å². The van der Waals surface area contributed by atoms with Gasteiger partial charge < -0.3 is 5.32 Å². The molecular formula is C12H8ClF4N. The second-order valence-corrected chi connectivity index (χ2v) is 4.13. The predicted octanol–water partition coefficient (Wildman–Crippen LogP) is 3.83. The zero-order chi connectivity index (χ0) is 13.3. The molecule has 1 aliphatic rings. The van der Waals surface area contributed by atoms with Crippen molar-refractivity contribution in [2.75, 3.05) is 6.54 Å². The number of allylic oxidation sites excluding steroid dienone is 2. The standard InChI is InChI=1S/C12H8ClF4N/c13-9-5-7(12(15,16)17)6-18-11(9)8-3-1-2-4-10(8)14/h1-5,18H,6H2. The van der Waals surface area contributed by atoms with Crippen molar-refractivity contribution in [1.29, 1.82) is 0 Å². The minimum absolute atomic E-state index is 0.153. The molecule has 2 rings (SSSR count). The molecule has 0 spiro atoms. The Hall–Kier alpha value is -1.49. The first-order valence-electron chi connectivity index (χ1n) is 5.06. The molecule has 6 heteroatoms. The predicted molar refractivity (Wildman–Crippen MR) is 61.3 cm³/mol. The summed E-state index contributed by atoms with van der Waals surface area (Å²) in [5, 5.41) is 2.35. The van der Waals surface area contributed by atoms with Gasteiger partial charge in [0.25, 0.3) is 0 Å². The van der Waals surface area contributed by atoms with Crippen LogP contribution in [0.3, 0.4) is 0 Å². The van der Waals surface area contributed by atoms with Crippen LogP contribution < -0.4 is 5.32 Å². The lowest BCUT2D eigenvalue weighted by Gasteiger charge is -2.21. The molecule has 0 amide bonds. The summed E-state index contributed by atoms with van der Waals surface area (Å²) in [4.78, 5) is 0. The van der Waals surface area contributed by atoms with Crippen LogP contribution in [0.1, 0.15) is 5.56 Å². The van der Waals surface area contributed by atoms with Crippen LogP contribution in [-0.4, -0.2) is 12.7 Å². The highest BCUT2D eigenvalue weighted by Crippen LogP contribution is 2.33. The molecule has 1 aromatic carbocycles. The topological polar surface area (TPSA) is 12.0 Å². The van der Waals surface area contributed by atoms with E-state index in [2.05, 4.69) is 5.32 Å². The maximum Gasteiger partial charge on any atom is 0.414 e. The van der Waals surface area contributed by atoms with Gasteiger partial charge in [-0.2, -0.15) is 13.2 Å². The molecule has 1 nitrogen and oxygen atoms in total. The van der Waals surface area contributed by atoms with Gasteiger partial charge in [0.1, 0.15) is 5.82 Å². The summed E-state index contributed by atoms with van der Waals surface area (Å²) < 4.78 is 50.9. The molecule has 1 aromatic rings. The average Bonchev–Trinajstić information content (AvgIpc) is 2.29. The molecule has 0 unspecified atom stereocenters. The first kappa shape index (κ1) is 13.0. The van der Waals surface area contributed by atoms with E-state index in [1.165, 1.54) is 18.2 Å². The van der Waals surface area contributed by atoms with E-state index in [0.717, 1.165) is 6.08 Å². The van der Waals surface area contributed by atoms with E-state index in [0.29, 0.717) is 0 Å². The Morgan fingerprint density at radius 2 is 1.83 bits per heavy atom. The molecule has 96 valence electrons. The first-order chi connectivity index (χ1) is 8.39. The van der Waals surface area contributed by atoms with Gasteiger partial charge in [0.2, 0.25) is 0 Å². The molecule has 0 aliphatic carbocycles. The van der Waals surface area contributed by atoms with Gasteiger partial charge >= 0.3 is 6.18 Å². The molecule has 0 atom stereocenters. The number of alkyl halides is 3. The van der Waals surface area contributed by atoms with Gasteiger partial charge in [0.05, 0.1) is 16.3 Å². The largest absolute Gasteiger partial charge is 0.414 e. The van der Waals surface area contributed by atoms with Crippen LogP contribution in [0.15, 0.2) is 40.9 Å². The van der Waals surface area contributed by atoms with Crippen LogP contribution in [0.2, 0.25) is 0 Å². The maximum absolute atomic E-state index is 13.5. The number of dihydropyridines is 1. The van der Waals surface area contributed by atoms with Crippen molar-refractivity contribution in [3.8, 4) is 0 Å². The zero-order valence-electron chi connectivity index (χ0n) is 8.98. The number of benzene rings is 1. The van der Waals surface area contributed by atoms with Gasteiger partial charge in [-0.15, -0.1) is 0 Å². The molecule has 18 heavy (non-hydrogen) atoms. The third-order valence-corrected chi connectivity index (χ3v) is 2.80. The number of hydrogen-bond acceptors (Lipinski definition) is 1. The Kier molecular flexibility index (Phi) is 3.34. The normalized spacial score (nSPS) is 16.4. The van der Waals surface area contributed by atoms with E-state index in [1.54, 1.807) is 6.07 Å². The monoisotopic (exact) mass is 277 g/mol. The van der Waals surface area contributed by atoms with Gasteiger partial charge in [0, 0.05) is 12.1 Å². The van der Waals surface area contributed by atoms with Crippen LogP contribution in [-0.2, 0) is 0 Å². The van der Waals surface area contributed by atoms with Crippen molar-refractivity contribution in [1.82, 2.24) is 5.32 Å². The number of halogens is 5. The molecule has 0 radical (unpaired) electrons. The summed E-state index contributed by atoms with van der Waals surface area (Å²) in [6.45, 7) is -0.427. The lowest BCUT2D eigenvalue weighted by molar-refractivity contribution is -0.0927. The summed E-state index contributed by atoms with van der Waals surface area (Å²) in [5.41, 5.74) is -0.463. The van der Waals surface area contributed by atoms with E-state index in [4.69, 9.17) is 11.6 Å². The Bertz CT molecular complexity index is 531. The van der Waals surface area contributed by atoms with E-state index in [9.17, 15) is 17.6 Å². The summed E-state index contributed by atoms with van der Waals surface area (Å²) in [6, 6.07) is 5.75.